The van der Waals surface area contributed by atoms with Crippen LogP contribution in [0.4, 0.5) is 0 Å². The zero-order valence-corrected chi connectivity index (χ0v) is 15.3. The molecule has 0 fully saturated rings. The standard InChI is InChI=1S/C20H19ClN4O2/c21-16-4-1-13(2-5-16)9-17(22)7-8-25-12-15(11-23-25)14-3-6-18-19(10-14)27-20(26)24-18/h1-6,10-12,17H,7-9,22H2,(H,24,26)/t17-/m0/s1. The predicted molar refractivity (Wildman–Crippen MR) is 106 cm³/mol. The maximum atomic E-state index is 11.3. The second kappa shape index (κ2) is 7.42. The minimum atomic E-state index is -0.451. The lowest BCUT2D eigenvalue weighted by Gasteiger charge is -2.11. The van der Waals surface area contributed by atoms with Gasteiger partial charge in [-0.05, 0) is 48.2 Å². The van der Waals surface area contributed by atoms with Gasteiger partial charge in [0.15, 0.2) is 5.58 Å². The van der Waals surface area contributed by atoms with Crippen LogP contribution in [0.3, 0.4) is 0 Å². The number of oxazole rings is 1. The van der Waals surface area contributed by atoms with E-state index in [2.05, 4.69) is 10.1 Å². The highest BCUT2D eigenvalue weighted by atomic mass is 35.5. The van der Waals surface area contributed by atoms with Crippen LogP contribution in [0.2, 0.25) is 5.02 Å². The quantitative estimate of drug-likeness (QED) is 0.533. The number of hydrogen-bond donors (Lipinski definition) is 2. The van der Waals surface area contributed by atoms with E-state index in [1.165, 1.54) is 5.56 Å². The topological polar surface area (TPSA) is 89.8 Å². The number of nitrogens with one attached hydrogen (secondary N) is 1. The third kappa shape index (κ3) is 4.13. The summed E-state index contributed by atoms with van der Waals surface area (Å²) in [6.07, 6.45) is 5.39. The van der Waals surface area contributed by atoms with Crippen molar-refractivity contribution in [1.82, 2.24) is 14.8 Å². The van der Waals surface area contributed by atoms with E-state index in [-0.39, 0.29) is 6.04 Å². The van der Waals surface area contributed by atoms with Gasteiger partial charge >= 0.3 is 5.76 Å². The highest BCUT2D eigenvalue weighted by Gasteiger charge is 2.08. The Balaban J connectivity index is 1.39. The van der Waals surface area contributed by atoms with Gasteiger partial charge in [0.2, 0.25) is 0 Å². The minimum absolute atomic E-state index is 0.0457. The first-order chi connectivity index (χ1) is 13.1. The molecule has 1 atom stereocenters. The summed E-state index contributed by atoms with van der Waals surface area (Å²) in [6.45, 7) is 0.732. The van der Waals surface area contributed by atoms with Crippen LogP contribution >= 0.6 is 11.6 Å². The van der Waals surface area contributed by atoms with Crippen molar-refractivity contribution in [1.29, 1.82) is 0 Å². The molecule has 0 aliphatic carbocycles. The van der Waals surface area contributed by atoms with E-state index >= 15 is 0 Å². The minimum Gasteiger partial charge on any atom is -0.408 e. The fourth-order valence-electron chi connectivity index (χ4n) is 3.08. The van der Waals surface area contributed by atoms with Crippen LogP contribution in [0.15, 0.2) is 64.1 Å². The first-order valence-corrected chi connectivity index (χ1v) is 9.10. The molecule has 3 N–H and O–H groups in total. The van der Waals surface area contributed by atoms with Crippen molar-refractivity contribution in [2.24, 2.45) is 5.73 Å². The van der Waals surface area contributed by atoms with Crippen LogP contribution < -0.4 is 11.5 Å². The maximum Gasteiger partial charge on any atom is 0.417 e. The third-order valence-electron chi connectivity index (χ3n) is 4.53. The fourth-order valence-corrected chi connectivity index (χ4v) is 3.21. The van der Waals surface area contributed by atoms with Crippen LogP contribution in [-0.2, 0) is 13.0 Å². The molecule has 0 saturated carbocycles. The molecule has 0 radical (unpaired) electrons. The molecular formula is C20H19ClN4O2. The SMILES string of the molecule is N[C@@H](CCn1cc(-c2ccc3[nH]c(=O)oc3c2)cn1)Cc1ccc(Cl)cc1. The maximum absolute atomic E-state index is 11.3. The summed E-state index contributed by atoms with van der Waals surface area (Å²) < 4.78 is 7.00. The number of nitrogens with two attached hydrogens (primary N) is 1. The molecule has 0 aliphatic heterocycles. The number of nitrogens with zero attached hydrogens (tertiary/aromatic N) is 2. The third-order valence-corrected chi connectivity index (χ3v) is 4.78. The van der Waals surface area contributed by atoms with Crippen LogP contribution in [0.1, 0.15) is 12.0 Å². The molecule has 6 nitrogen and oxygen atoms in total. The largest absolute Gasteiger partial charge is 0.417 e. The second-order valence-electron chi connectivity index (χ2n) is 6.60. The molecule has 2 heterocycles. The number of hydrogen-bond acceptors (Lipinski definition) is 4. The van der Waals surface area contributed by atoms with Crippen LogP contribution in [0, 0.1) is 0 Å². The molecule has 4 rings (SSSR count). The van der Waals surface area contributed by atoms with E-state index in [0.717, 1.165) is 35.5 Å². The average Bonchev–Trinajstić information content (AvgIpc) is 3.26. The average molecular weight is 383 g/mol. The van der Waals surface area contributed by atoms with Crippen molar-refractivity contribution >= 4 is 22.7 Å². The number of aryl methyl sites for hydroxylation is 1. The van der Waals surface area contributed by atoms with E-state index in [0.29, 0.717) is 11.1 Å². The number of H-pyrrole nitrogens is 1. The molecule has 2 aromatic carbocycles. The van der Waals surface area contributed by atoms with Gasteiger partial charge in [-0.15, -0.1) is 0 Å². The highest BCUT2D eigenvalue weighted by Crippen LogP contribution is 2.23. The molecule has 7 heteroatoms. The fraction of sp³-hybridized carbons (Fsp3) is 0.200. The summed E-state index contributed by atoms with van der Waals surface area (Å²) in [4.78, 5) is 13.9. The normalized spacial score (nSPS) is 12.5. The van der Waals surface area contributed by atoms with Crippen molar-refractivity contribution in [2.75, 3.05) is 0 Å². The Labute approximate surface area is 160 Å². The number of fused-ring (bicyclic) bond motifs is 1. The van der Waals surface area contributed by atoms with E-state index < -0.39 is 5.76 Å². The lowest BCUT2D eigenvalue weighted by molar-refractivity contribution is 0.507. The molecule has 0 saturated heterocycles. The Morgan fingerprint density at radius 2 is 2.00 bits per heavy atom. The molecule has 0 amide bonds. The monoisotopic (exact) mass is 382 g/mol. The van der Waals surface area contributed by atoms with Gasteiger partial charge in [-0.3, -0.25) is 9.67 Å². The number of aromatic nitrogens is 3. The van der Waals surface area contributed by atoms with Gasteiger partial charge in [0.1, 0.15) is 0 Å². The molecule has 0 bridgehead atoms. The smallest absolute Gasteiger partial charge is 0.408 e. The molecule has 0 spiro atoms. The first kappa shape index (κ1) is 17.6. The molecule has 138 valence electrons. The molecular weight excluding hydrogens is 364 g/mol. The number of halogens is 1. The van der Waals surface area contributed by atoms with Crippen LogP contribution in [0.25, 0.3) is 22.2 Å². The van der Waals surface area contributed by atoms with Crippen molar-refractivity contribution in [2.45, 2.75) is 25.4 Å². The first-order valence-electron chi connectivity index (χ1n) is 8.72. The molecule has 0 aliphatic rings. The van der Waals surface area contributed by atoms with Gasteiger partial charge in [-0.25, -0.2) is 4.79 Å². The van der Waals surface area contributed by atoms with E-state index in [4.69, 9.17) is 21.8 Å². The van der Waals surface area contributed by atoms with Crippen molar-refractivity contribution in [3.63, 3.8) is 0 Å². The Morgan fingerprint density at radius 1 is 1.19 bits per heavy atom. The summed E-state index contributed by atoms with van der Waals surface area (Å²) in [7, 11) is 0. The van der Waals surface area contributed by atoms with E-state index in [1.807, 2.05) is 53.3 Å². The van der Waals surface area contributed by atoms with Gasteiger partial charge in [-0.2, -0.15) is 5.10 Å². The Morgan fingerprint density at radius 3 is 2.81 bits per heavy atom. The van der Waals surface area contributed by atoms with Gasteiger partial charge in [0.05, 0.1) is 11.7 Å². The number of aromatic amines is 1. The lowest BCUT2D eigenvalue weighted by Crippen LogP contribution is -2.24. The Hall–Kier alpha value is -2.83. The van der Waals surface area contributed by atoms with Crippen LogP contribution in [-0.4, -0.2) is 20.8 Å². The van der Waals surface area contributed by atoms with Gasteiger partial charge in [0.25, 0.3) is 0 Å². The zero-order valence-electron chi connectivity index (χ0n) is 14.6. The zero-order chi connectivity index (χ0) is 18.8. The van der Waals surface area contributed by atoms with E-state index in [9.17, 15) is 4.79 Å². The number of rotatable bonds is 6. The summed E-state index contributed by atoms with van der Waals surface area (Å²) in [5.74, 6) is -0.451. The molecule has 4 aromatic rings. The van der Waals surface area contributed by atoms with E-state index in [1.54, 1.807) is 6.20 Å². The summed E-state index contributed by atoms with van der Waals surface area (Å²) >= 11 is 5.91. The van der Waals surface area contributed by atoms with Crippen molar-refractivity contribution in [3.8, 4) is 11.1 Å². The van der Waals surface area contributed by atoms with Gasteiger partial charge < -0.3 is 10.2 Å². The van der Waals surface area contributed by atoms with Gasteiger partial charge in [-0.1, -0.05) is 29.8 Å². The summed E-state index contributed by atoms with van der Waals surface area (Å²) in [6, 6.07) is 13.4. The molecule has 27 heavy (non-hydrogen) atoms. The summed E-state index contributed by atoms with van der Waals surface area (Å²) in [5.41, 5.74) is 10.6. The lowest BCUT2D eigenvalue weighted by atomic mass is 10.0. The second-order valence-corrected chi connectivity index (χ2v) is 7.03. The van der Waals surface area contributed by atoms with Crippen molar-refractivity contribution < 1.29 is 4.42 Å². The van der Waals surface area contributed by atoms with Crippen LogP contribution in [0.5, 0.6) is 0 Å². The van der Waals surface area contributed by atoms with Crippen molar-refractivity contribution in [3.05, 3.63) is 76.0 Å². The Bertz CT molecular complexity index is 1110. The van der Waals surface area contributed by atoms with Gasteiger partial charge in [0, 0.05) is 29.4 Å². The number of benzene rings is 2. The summed E-state index contributed by atoms with van der Waals surface area (Å²) in [5, 5.41) is 5.14. The predicted octanol–water partition coefficient (Wildman–Crippen LogP) is 3.60. The molecule has 0 unspecified atom stereocenters. The highest BCUT2D eigenvalue weighted by molar-refractivity contribution is 6.30. The Kier molecular flexibility index (Phi) is 4.83. The molecule has 2 aromatic heterocycles.